The molecule has 0 unspecified atom stereocenters. The number of hydrogen-bond donors (Lipinski definition) is 0. The van der Waals surface area contributed by atoms with Gasteiger partial charge < -0.3 is 9.47 Å². The van der Waals surface area contributed by atoms with E-state index in [0.717, 1.165) is 38.5 Å². The van der Waals surface area contributed by atoms with Crippen LogP contribution in [-0.2, 0) is 4.74 Å². The lowest BCUT2D eigenvalue weighted by Crippen LogP contribution is -2.13. The monoisotopic (exact) mass is 404 g/mol. The Bertz CT molecular complexity index is 624. The number of benzene rings is 1. The van der Waals surface area contributed by atoms with Gasteiger partial charge in [-0.15, -0.1) is 0 Å². The molecule has 0 radical (unpaired) electrons. The summed E-state index contributed by atoms with van der Waals surface area (Å²) >= 11 is 0. The molecule has 0 atom stereocenters. The minimum atomic E-state index is -0.823. The Morgan fingerprint density at radius 2 is 1.48 bits per heavy atom. The van der Waals surface area contributed by atoms with E-state index >= 15 is 0 Å². The fourth-order valence-electron chi connectivity index (χ4n) is 3.10. The summed E-state index contributed by atoms with van der Waals surface area (Å²) in [5, 5.41) is 0. The van der Waals surface area contributed by atoms with E-state index in [1.807, 2.05) is 0 Å². The highest BCUT2D eigenvalue weighted by atomic mass is 16.7. The van der Waals surface area contributed by atoms with Crippen LogP contribution in [-0.4, -0.2) is 24.8 Å². The Balaban J connectivity index is 2.43. The summed E-state index contributed by atoms with van der Waals surface area (Å²) in [6, 6.07) is 4.56. The van der Waals surface area contributed by atoms with E-state index in [4.69, 9.17) is 9.47 Å². The predicted molar refractivity (Wildman–Crippen MR) is 115 cm³/mol. The summed E-state index contributed by atoms with van der Waals surface area (Å²) < 4.78 is 10.2. The lowest BCUT2D eigenvalue weighted by Gasteiger charge is -2.09. The van der Waals surface area contributed by atoms with Crippen molar-refractivity contribution in [3.8, 4) is 5.75 Å². The molecule has 162 valence electrons. The van der Waals surface area contributed by atoms with Gasteiger partial charge in [-0.2, -0.15) is 0 Å². The molecule has 0 aliphatic rings. The van der Waals surface area contributed by atoms with E-state index in [-0.39, 0.29) is 17.1 Å². The van der Waals surface area contributed by atoms with E-state index < -0.39 is 6.16 Å². The highest BCUT2D eigenvalue weighted by Crippen LogP contribution is 2.21. The van der Waals surface area contributed by atoms with Crippen molar-refractivity contribution in [2.75, 3.05) is 6.61 Å². The molecule has 0 heterocycles. The molecular formula is C24H36O5. The van der Waals surface area contributed by atoms with Gasteiger partial charge >= 0.3 is 6.16 Å². The Morgan fingerprint density at radius 1 is 0.862 bits per heavy atom. The minimum Gasteiger partial charge on any atom is -0.434 e. The normalized spacial score (nSPS) is 10.6. The number of aldehydes is 1. The van der Waals surface area contributed by atoms with Gasteiger partial charge in [0.1, 0.15) is 5.75 Å². The highest BCUT2D eigenvalue weighted by Gasteiger charge is 2.14. The van der Waals surface area contributed by atoms with Crippen molar-refractivity contribution < 1.29 is 23.9 Å². The van der Waals surface area contributed by atoms with Crippen molar-refractivity contribution >= 4 is 18.2 Å². The first-order valence-corrected chi connectivity index (χ1v) is 11.1. The zero-order chi connectivity index (χ0) is 21.3. The highest BCUT2D eigenvalue weighted by molar-refractivity contribution is 5.98. The molecule has 0 fully saturated rings. The summed E-state index contributed by atoms with van der Waals surface area (Å²) in [5.41, 5.74) is 0.647. The van der Waals surface area contributed by atoms with Crippen molar-refractivity contribution in [3.63, 3.8) is 0 Å². The van der Waals surface area contributed by atoms with Gasteiger partial charge in [0, 0.05) is 12.0 Å². The Morgan fingerprint density at radius 3 is 2.14 bits per heavy atom. The summed E-state index contributed by atoms with van der Waals surface area (Å²) in [7, 11) is 0. The van der Waals surface area contributed by atoms with Crippen LogP contribution in [0.1, 0.15) is 112 Å². The number of carbonyl (C=O) groups is 3. The summed E-state index contributed by atoms with van der Waals surface area (Å²) in [5.74, 6) is 0.120. The first-order valence-electron chi connectivity index (χ1n) is 11.1. The first-order chi connectivity index (χ1) is 14.1. The number of unbranched alkanes of at least 4 members (excludes halogenated alkanes) is 9. The van der Waals surface area contributed by atoms with Gasteiger partial charge in [-0.25, -0.2) is 4.79 Å². The maximum absolute atomic E-state index is 12.3. The molecule has 0 aliphatic heterocycles. The molecule has 1 aromatic rings. The third kappa shape index (κ3) is 10.8. The van der Waals surface area contributed by atoms with Crippen molar-refractivity contribution in [2.24, 2.45) is 0 Å². The van der Waals surface area contributed by atoms with Crippen molar-refractivity contribution in [1.82, 2.24) is 0 Å². The molecule has 29 heavy (non-hydrogen) atoms. The average molecular weight is 405 g/mol. The van der Waals surface area contributed by atoms with Crippen LogP contribution in [0.3, 0.4) is 0 Å². The van der Waals surface area contributed by atoms with E-state index in [0.29, 0.717) is 24.9 Å². The third-order valence-corrected chi connectivity index (χ3v) is 4.88. The smallest absolute Gasteiger partial charge is 0.434 e. The predicted octanol–water partition coefficient (Wildman–Crippen LogP) is 6.92. The fraction of sp³-hybridized carbons (Fsp3) is 0.625. The lowest BCUT2D eigenvalue weighted by molar-refractivity contribution is 0.0965. The molecule has 1 rings (SSSR count). The third-order valence-electron chi connectivity index (χ3n) is 4.88. The maximum Gasteiger partial charge on any atom is 0.513 e. The van der Waals surface area contributed by atoms with Crippen molar-refractivity contribution in [2.45, 2.75) is 90.9 Å². The second-order valence-electron chi connectivity index (χ2n) is 7.43. The van der Waals surface area contributed by atoms with Crippen LogP contribution in [0.25, 0.3) is 0 Å². The lowest BCUT2D eigenvalue weighted by atomic mass is 10.0. The minimum absolute atomic E-state index is 0.00166. The van der Waals surface area contributed by atoms with E-state index in [1.54, 1.807) is 6.07 Å². The molecule has 5 nitrogen and oxygen atoms in total. The molecule has 0 saturated heterocycles. The average Bonchev–Trinajstić information content (AvgIpc) is 2.73. The summed E-state index contributed by atoms with van der Waals surface area (Å²) in [6.07, 6.45) is 12.2. The second kappa shape index (κ2) is 15.7. The summed E-state index contributed by atoms with van der Waals surface area (Å²) in [6.45, 7) is 4.62. The van der Waals surface area contributed by atoms with Gasteiger partial charge in [0.15, 0.2) is 12.1 Å². The Labute approximate surface area is 175 Å². The van der Waals surface area contributed by atoms with Crippen LogP contribution in [0.5, 0.6) is 5.75 Å². The number of rotatable bonds is 16. The zero-order valence-corrected chi connectivity index (χ0v) is 18.0. The van der Waals surface area contributed by atoms with Gasteiger partial charge in [0.05, 0.1) is 12.2 Å². The number of Topliss-reactive ketones (excluding diaryl/α,β-unsaturated/α-hetero) is 1. The van der Waals surface area contributed by atoms with Crippen LogP contribution < -0.4 is 4.74 Å². The Hall–Kier alpha value is -2.17. The van der Waals surface area contributed by atoms with Crippen LogP contribution >= 0.6 is 0 Å². The molecule has 0 aromatic heterocycles. The van der Waals surface area contributed by atoms with Crippen molar-refractivity contribution in [3.05, 3.63) is 29.3 Å². The quantitative estimate of drug-likeness (QED) is 0.0983. The van der Waals surface area contributed by atoms with Crippen molar-refractivity contribution in [1.29, 1.82) is 0 Å². The zero-order valence-electron chi connectivity index (χ0n) is 18.0. The van der Waals surface area contributed by atoms with E-state index in [2.05, 4.69) is 13.8 Å². The molecule has 0 spiro atoms. The number of hydrogen-bond acceptors (Lipinski definition) is 5. The topological polar surface area (TPSA) is 69.7 Å². The first kappa shape index (κ1) is 24.9. The van der Waals surface area contributed by atoms with Gasteiger partial charge in [-0.1, -0.05) is 71.6 Å². The van der Waals surface area contributed by atoms with Gasteiger partial charge in [0.25, 0.3) is 0 Å². The maximum atomic E-state index is 12.3. The number of ether oxygens (including phenoxy) is 2. The molecule has 0 amide bonds. The van der Waals surface area contributed by atoms with E-state index in [1.165, 1.54) is 44.2 Å². The van der Waals surface area contributed by atoms with Crippen LogP contribution in [0.2, 0.25) is 0 Å². The second-order valence-corrected chi connectivity index (χ2v) is 7.43. The summed E-state index contributed by atoms with van der Waals surface area (Å²) in [4.78, 5) is 35.5. The number of carbonyl (C=O) groups excluding carboxylic acids is 3. The largest absolute Gasteiger partial charge is 0.513 e. The molecule has 0 saturated carbocycles. The molecule has 0 aliphatic carbocycles. The van der Waals surface area contributed by atoms with Crippen LogP contribution in [0, 0.1) is 0 Å². The van der Waals surface area contributed by atoms with Crippen LogP contribution in [0.4, 0.5) is 4.79 Å². The fourth-order valence-corrected chi connectivity index (χ4v) is 3.10. The molecular weight excluding hydrogens is 368 g/mol. The SMILES string of the molecule is CCCCCCCCOC(=O)Oc1ccc(C(=O)CCCCCCC)cc1C=O. The van der Waals surface area contributed by atoms with Crippen LogP contribution in [0.15, 0.2) is 18.2 Å². The molecule has 0 N–H and O–H groups in total. The van der Waals surface area contributed by atoms with Gasteiger partial charge in [-0.3, -0.25) is 9.59 Å². The van der Waals surface area contributed by atoms with E-state index in [9.17, 15) is 14.4 Å². The standard InChI is InChI=1S/C24H36O5/c1-3-5-7-9-11-13-17-28-24(27)29-23-16-15-20(18-21(23)19-25)22(26)14-12-10-8-6-4-2/h15-16,18-19H,3-14,17H2,1-2H3. The molecule has 5 heteroatoms. The Kier molecular flexibility index (Phi) is 13.5. The molecule has 0 bridgehead atoms. The van der Waals surface area contributed by atoms with Gasteiger partial charge in [-0.05, 0) is 31.0 Å². The molecule has 1 aromatic carbocycles. The number of ketones is 1. The van der Waals surface area contributed by atoms with Gasteiger partial charge in [0.2, 0.25) is 0 Å².